The number of furan rings is 1. The van der Waals surface area contributed by atoms with Gasteiger partial charge in [-0.15, -0.1) is 0 Å². The molecule has 1 aliphatic rings. The van der Waals surface area contributed by atoms with Crippen molar-refractivity contribution in [2.75, 3.05) is 0 Å². The van der Waals surface area contributed by atoms with Crippen LogP contribution in [0.4, 0.5) is 0 Å². The zero-order valence-electron chi connectivity index (χ0n) is 32.5. The molecule has 50 heavy (non-hydrogen) atoms. The summed E-state index contributed by atoms with van der Waals surface area (Å²) in [5.74, 6) is 0. The van der Waals surface area contributed by atoms with Gasteiger partial charge in [-0.2, -0.15) is 0 Å². The number of rotatable bonds is 3. The lowest BCUT2D eigenvalue weighted by atomic mass is 9.78. The first-order valence-electron chi connectivity index (χ1n) is 19.6. The highest BCUT2D eigenvalue weighted by molar-refractivity contribution is 6.29. The normalized spacial score (nSPS) is 15.0. The highest BCUT2D eigenvalue weighted by atomic mass is 16.3. The van der Waals surface area contributed by atoms with Crippen LogP contribution in [0.1, 0.15) is 31.8 Å². The average molecular weight is 642 g/mol. The number of fused-ring (bicyclic) bond motifs is 6. The molecule has 11 rings (SSSR count). The monoisotopic (exact) mass is 641 g/mol. The highest BCUT2D eigenvalue weighted by Gasteiger charge is 2.37. The SMILES string of the molecule is [2H]c1c([2H])c([2H])c(-c2ccc3ccc4c(-c5cccc6oc7c(-c8cccc9c8C(C)(C)c8ccccc8-9)cccc7c56)ccc5ccc2c3c54)c([2H])c1[2H]. The molecule has 1 aliphatic carbocycles. The summed E-state index contributed by atoms with van der Waals surface area (Å²) < 4.78 is 49.2. The second-order valence-electron chi connectivity index (χ2n) is 14.0. The van der Waals surface area contributed by atoms with Crippen molar-refractivity contribution < 1.29 is 11.3 Å². The summed E-state index contributed by atoms with van der Waals surface area (Å²) in [5.41, 5.74) is 12.0. The van der Waals surface area contributed by atoms with Crippen molar-refractivity contribution in [1.82, 2.24) is 0 Å². The Hall–Kier alpha value is -6.18. The quantitative estimate of drug-likeness (QED) is 0.175. The highest BCUT2D eigenvalue weighted by Crippen LogP contribution is 2.53. The summed E-state index contributed by atoms with van der Waals surface area (Å²) in [4.78, 5) is 0. The Morgan fingerprint density at radius 1 is 0.460 bits per heavy atom. The first-order valence-corrected chi connectivity index (χ1v) is 17.1. The van der Waals surface area contributed by atoms with E-state index in [0.717, 1.165) is 70.9 Å². The second-order valence-corrected chi connectivity index (χ2v) is 14.0. The number of para-hydroxylation sites is 1. The summed E-state index contributed by atoms with van der Waals surface area (Å²) in [7, 11) is 0. The molecule has 0 saturated heterocycles. The molecule has 0 radical (unpaired) electrons. The Kier molecular flexibility index (Phi) is 4.61. The fourth-order valence-corrected chi connectivity index (χ4v) is 9.00. The summed E-state index contributed by atoms with van der Waals surface area (Å²) in [6.07, 6.45) is 0. The van der Waals surface area contributed by atoms with Crippen LogP contribution >= 0.6 is 0 Å². The van der Waals surface area contributed by atoms with Gasteiger partial charge >= 0.3 is 0 Å². The van der Waals surface area contributed by atoms with Gasteiger partial charge in [-0.3, -0.25) is 0 Å². The van der Waals surface area contributed by atoms with Gasteiger partial charge in [-0.25, -0.2) is 0 Å². The van der Waals surface area contributed by atoms with Crippen LogP contribution < -0.4 is 0 Å². The molecule has 0 unspecified atom stereocenters. The van der Waals surface area contributed by atoms with E-state index in [4.69, 9.17) is 11.3 Å². The molecule has 1 heterocycles. The van der Waals surface area contributed by atoms with Gasteiger partial charge in [0.05, 0.1) is 6.85 Å². The molecule has 0 fully saturated rings. The molecule has 1 heteroatoms. The van der Waals surface area contributed by atoms with Gasteiger partial charge in [0.25, 0.3) is 0 Å². The predicted molar refractivity (Wildman–Crippen MR) is 211 cm³/mol. The maximum Gasteiger partial charge on any atom is 0.143 e. The summed E-state index contributed by atoms with van der Waals surface area (Å²) >= 11 is 0. The molecule has 0 amide bonds. The van der Waals surface area contributed by atoms with Crippen LogP contribution in [0.25, 0.3) is 98.8 Å². The van der Waals surface area contributed by atoms with Crippen molar-refractivity contribution in [3.63, 3.8) is 0 Å². The van der Waals surface area contributed by atoms with Crippen LogP contribution in [0.15, 0.2) is 162 Å². The number of hydrogen-bond donors (Lipinski definition) is 0. The molecule has 10 aromatic rings. The van der Waals surface area contributed by atoms with E-state index in [0.29, 0.717) is 5.56 Å². The summed E-state index contributed by atoms with van der Waals surface area (Å²) in [6, 6.07) is 43.3. The van der Waals surface area contributed by atoms with Gasteiger partial charge < -0.3 is 4.42 Å². The van der Waals surface area contributed by atoms with Gasteiger partial charge in [-0.1, -0.05) is 165 Å². The van der Waals surface area contributed by atoms with Crippen LogP contribution in [0, 0.1) is 0 Å². The van der Waals surface area contributed by atoms with Crippen molar-refractivity contribution in [1.29, 1.82) is 0 Å². The molecule has 0 N–H and O–H groups in total. The zero-order valence-corrected chi connectivity index (χ0v) is 27.5. The topological polar surface area (TPSA) is 13.1 Å². The molecular weight excluding hydrogens is 605 g/mol. The van der Waals surface area contributed by atoms with Crippen molar-refractivity contribution in [2.45, 2.75) is 19.3 Å². The van der Waals surface area contributed by atoms with E-state index >= 15 is 0 Å². The molecule has 9 aromatic carbocycles. The first kappa shape index (κ1) is 23.2. The molecule has 0 saturated carbocycles. The lowest BCUT2D eigenvalue weighted by molar-refractivity contribution is 0.659. The molecule has 0 spiro atoms. The lowest BCUT2D eigenvalue weighted by Gasteiger charge is -2.24. The number of hydrogen-bond acceptors (Lipinski definition) is 1. The average Bonchev–Trinajstić information content (AvgIpc) is 3.71. The minimum Gasteiger partial charge on any atom is -0.455 e. The molecule has 234 valence electrons. The van der Waals surface area contributed by atoms with E-state index in [1.54, 1.807) is 0 Å². The van der Waals surface area contributed by atoms with E-state index in [9.17, 15) is 0 Å². The van der Waals surface area contributed by atoms with Crippen LogP contribution in [-0.2, 0) is 5.41 Å². The van der Waals surface area contributed by atoms with E-state index in [2.05, 4.69) is 123 Å². The molecule has 1 nitrogen and oxygen atoms in total. The summed E-state index contributed by atoms with van der Waals surface area (Å²) in [5, 5.41) is 8.23. The lowest BCUT2D eigenvalue weighted by Crippen LogP contribution is -2.16. The van der Waals surface area contributed by atoms with Crippen LogP contribution in [0.5, 0.6) is 0 Å². The van der Waals surface area contributed by atoms with Gasteiger partial charge in [0.2, 0.25) is 0 Å². The van der Waals surface area contributed by atoms with E-state index in [1.807, 2.05) is 18.2 Å². The van der Waals surface area contributed by atoms with Gasteiger partial charge in [-0.05, 0) is 88.5 Å². The third-order valence-electron chi connectivity index (χ3n) is 11.1. The van der Waals surface area contributed by atoms with Gasteiger partial charge in [0, 0.05) is 21.8 Å². The fourth-order valence-electron chi connectivity index (χ4n) is 9.00. The van der Waals surface area contributed by atoms with E-state index in [-0.39, 0.29) is 35.1 Å². The molecule has 1 aromatic heterocycles. The third kappa shape index (κ3) is 3.62. The molecule has 0 bridgehead atoms. The second kappa shape index (κ2) is 9.94. The van der Waals surface area contributed by atoms with E-state index in [1.165, 1.54) is 27.8 Å². The minimum atomic E-state index is -0.392. The summed E-state index contributed by atoms with van der Waals surface area (Å²) in [6.45, 7) is 4.64. The van der Waals surface area contributed by atoms with Gasteiger partial charge in [0.1, 0.15) is 11.2 Å². The maximum atomic E-state index is 8.76. The third-order valence-corrected chi connectivity index (χ3v) is 11.1. The van der Waals surface area contributed by atoms with E-state index < -0.39 is 6.04 Å². The largest absolute Gasteiger partial charge is 0.455 e. The van der Waals surface area contributed by atoms with Gasteiger partial charge in [0.15, 0.2) is 0 Å². The van der Waals surface area contributed by atoms with Crippen molar-refractivity contribution >= 4 is 54.3 Å². The molecular formula is C49H32O. The van der Waals surface area contributed by atoms with Crippen LogP contribution in [0.2, 0.25) is 0 Å². The Bertz CT molecular complexity index is 3270. The first-order chi connectivity index (χ1) is 26.6. The Balaban J connectivity index is 1.15. The van der Waals surface area contributed by atoms with Crippen molar-refractivity contribution in [2.24, 2.45) is 0 Å². The minimum absolute atomic E-state index is 0.175. The Morgan fingerprint density at radius 3 is 1.86 bits per heavy atom. The molecule has 0 atom stereocenters. The fraction of sp³-hybridized carbons (Fsp3) is 0.0612. The predicted octanol–water partition coefficient (Wildman–Crippen LogP) is 13.8. The maximum absolute atomic E-state index is 8.76. The zero-order chi connectivity index (χ0) is 37.5. The number of benzene rings is 9. The Labute approximate surface area is 297 Å². The van der Waals surface area contributed by atoms with Crippen LogP contribution in [0.3, 0.4) is 0 Å². The smallest absolute Gasteiger partial charge is 0.143 e. The standard InChI is InChI=1S/C49H32O/c1-49(2)42-19-7-6-13-34(42)38-15-8-16-39(47(38)49)40-17-9-18-41-46-35(14-10-20-43(46)50-48(40)41)33-26-22-31-23-27-36-32(29-11-4-3-5-12-29)25-21-30-24-28-37(33)45(31)44(30)36/h3-28H,1-2H3/i3D,4D,5D,11D,12D. The van der Waals surface area contributed by atoms with Crippen LogP contribution in [-0.4, -0.2) is 0 Å². The molecule has 0 aliphatic heterocycles. The van der Waals surface area contributed by atoms with Crippen molar-refractivity contribution in [3.05, 3.63) is 169 Å². The Morgan fingerprint density at radius 2 is 1.06 bits per heavy atom. The van der Waals surface area contributed by atoms with Crippen molar-refractivity contribution in [3.8, 4) is 44.5 Å².